The predicted octanol–water partition coefficient (Wildman–Crippen LogP) is 0.221. The van der Waals surface area contributed by atoms with Crippen molar-refractivity contribution in [3.8, 4) is 0 Å². The molecular weight excluding hydrogens is 340 g/mol. The minimum Gasteiger partial charge on any atom is -0.382 e. The van der Waals surface area contributed by atoms with Crippen molar-refractivity contribution in [2.45, 2.75) is 39.1 Å². The van der Waals surface area contributed by atoms with E-state index >= 15 is 0 Å². The van der Waals surface area contributed by atoms with Gasteiger partial charge in [0.1, 0.15) is 6.23 Å². The Hall–Kier alpha value is -2.30. The normalized spacial score (nSPS) is 25.9. The van der Waals surface area contributed by atoms with Gasteiger partial charge in [0.2, 0.25) is 11.9 Å². The van der Waals surface area contributed by atoms with E-state index in [-0.39, 0.29) is 41.4 Å². The smallest absolute Gasteiger partial charge is 0.280 e. The minimum atomic E-state index is -0.434. The first kappa shape index (κ1) is 18.5. The first-order valence-corrected chi connectivity index (χ1v) is 8.51. The lowest BCUT2D eigenvalue weighted by atomic mass is 10.0. The van der Waals surface area contributed by atoms with Crippen molar-refractivity contribution >= 4 is 23.0 Å². The Labute approximate surface area is 150 Å². The maximum absolute atomic E-state index is 12.3. The van der Waals surface area contributed by atoms with Gasteiger partial charge in [-0.05, 0) is 0 Å². The molecule has 2 aromatic rings. The van der Waals surface area contributed by atoms with Gasteiger partial charge in [-0.1, -0.05) is 20.8 Å². The number of carbonyl (C=O) groups is 1. The molecule has 1 amide bonds. The molecule has 10 heteroatoms. The molecule has 0 aromatic carbocycles. The van der Waals surface area contributed by atoms with Gasteiger partial charge in [0.15, 0.2) is 11.2 Å². The fourth-order valence-corrected chi connectivity index (χ4v) is 2.99. The van der Waals surface area contributed by atoms with Crippen molar-refractivity contribution in [2.24, 2.45) is 17.6 Å². The van der Waals surface area contributed by atoms with E-state index in [0.717, 1.165) is 0 Å². The molecule has 0 aliphatic carbocycles. The van der Waals surface area contributed by atoms with Crippen LogP contribution >= 0.6 is 0 Å². The van der Waals surface area contributed by atoms with Crippen LogP contribution < -0.4 is 16.6 Å². The van der Waals surface area contributed by atoms with Crippen LogP contribution in [0, 0.1) is 11.8 Å². The number of H-pyrrole nitrogens is 1. The first-order chi connectivity index (χ1) is 12.3. The molecule has 1 fully saturated rings. The molecule has 0 spiro atoms. The van der Waals surface area contributed by atoms with Crippen molar-refractivity contribution in [2.75, 3.05) is 19.0 Å². The molecule has 0 unspecified atom stereocenters. The van der Waals surface area contributed by atoms with Crippen molar-refractivity contribution in [3.05, 3.63) is 16.7 Å². The second kappa shape index (κ2) is 7.14. The molecule has 26 heavy (non-hydrogen) atoms. The van der Waals surface area contributed by atoms with E-state index in [2.05, 4.69) is 20.3 Å². The van der Waals surface area contributed by atoms with Crippen molar-refractivity contribution in [1.82, 2.24) is 19.5 Å². The Morgan fingerprint density at radius 3 is 2.92 bits per heavy atom. The number of hydrogen-bond acceptors (Lipinski definition) is 7. The molecule has 1 aliphatic rings. The van der Waals surface area contributed by atoms with Gasteiger partial charge in [-0.25, -0.2) is 4.98 Å². The number of nitrogens with zero attached hydrogens (tertiary/aromatic N) is 3. The number of hydrogen-bond donors (Lipinski definition) is 3. The topological polar surface area (TPSA) is 137 Å². The zero-order valence-corrected chi connectivity index (χ0v) is 15.2. The highest BCUT2D eigenvalue weighted by molar-refractivity contribution is 5.91. The molecule has 0 bridgehead atoms. The molecule has 1 saturated heterocycles. The number of fused-ring (bicyclic) bond motifs is 1. The second-order valence-corrected chi connectivity index (χ2v) is 6.84. The van der Waals surface area contributed by atoms with Crippen LogP contribution in [0.2, 0.25) is 0 Å². The maximum Gasteiger partial charge on any atom is 0.280 e. The molecule has 10 nitrogen and oxygen atoms in total. The number of nitrogens with two attached hydrogens (primary N) is 1. The Morgan fingerprint density at radius 2 is 2.27 bits per heavy atom. The largest absolute Gasteiger partial charge is 0.382 e. The van der Waals surface area contributed by atoms with Crippen molar-refractivity contribution < 1.29 is 14.3 Å². The lowest BCUT2D eigenvalue weighted by molar-refractivity contribution is -0.118. The number of aromatic nitrogens is 4. The average molecular weight is 364 g/mol. The summed E-state index contributed by atoms with van der Waals surface area (Å²) in [4.78, 5) is 35.2. The molecule has 3 rings (SSSR count). The monoisotopic (exact) mass is 364 g/mol. The molecule has 4 N–H and O–H groups in total. The molecule has 0 saturated carbocycles. The van der Waals surface area contributed by atoms with Crippen LogP contribution in [0.25, 0.3) is 11.2 Å². The third-order valence-electron chi connectivity index (χ3n) is 4.60. The Bertz CT molecular complexity index is 860. The zero-order valence-electron chi connectivity index (χ0n) is 15.2. The van der Waals surface area contributed by atoms with E-state index in [9.17, 15) is 9.59 Å². The summed E-state index contributed by atoms with van der Waals surface area (Å²) >= 11 is 0. The Balaban J connectivity index is 1.98. The van der Waals surface area contributed by atoms with Gasteiger partial charge < -0.3 is 15.2 Å². The molecule has 3 heterocycles. The van der Waals surface area contributed by atoms with Crippen LogP contribution in [0.3, 0.4) is 0 Å². The lowest BCUT2D eigenvalue weighted by Gasteiger charge is -2.18. The second-order valence-electron chi connectivity index (χ2n) is 6.84. The van der Waals surface area contributed by atoms with Crippen molar-refractivity contribution in [3.63, 3.8) is 0 Å². The lowest BCUT2D eigenvalue weighted by Crippen LogP contribution is -2.37. The quantitative estimate of drug-likeness (QED) is 0.690. The van der Waals surface area contributed by atoms with E-state index in [1.165, 1.54) is 6.33 Å². The van der Waals surface area contributed by atoms with Crippen LogP contribution in [0.5, 0.6) is 0 Å². The number of nitrogens with one attached hydrogen (secondary N) is 2. The van der Waals surface area contributed by atoms with E-state index in [1.54, 1.807) is 25.5 Å². The number of ether oxygens (including phenoxy) is 2. The summed E-state index contributed by atoms with van der Waals surface area (Å²) in [6.45, 7) is 5.84. The number of aromatic amines is 1. The summed E-state index contributed by atoms with van der Waals surface area (Å²) in [6.07, 6.45) is 0.807. The molecule has 4 atom stereocenters. The summed E-state index contributed by atoms with van der Waals surface area (Å²) in [5.41, 5.74) is 6.29. The first-order valence-electron chi connectivity index (χ1n) is 8.51. The minimum absolute atomic E-state index is 0.0395. The number of carbonyl (C=O) groups excluding carboxylic acids is 1. The van der Waals surface area contributed by atoms with Gasteiger partial charge in [0.05, 0.1) is 19.0 Å². The van der Waals surface area contributed by atoms with Gasteiger partial charge in [-0.15, -0.1) is 0 Å². The van der Waals surface area contributed by atoms with Gasteiger partial charge in [0.25, 0.3) is 5.56 Å². The van der Waals surface area contributed by atoms with E-state index < -0.39 is 11.8 Å². The fourth-order valence-electron chi connectivity index (χ4n) is 2.99. The maximum atomic E-state index is 12.3. The Morgan fingerprint density at radius 1 is 1.54 bits per heavy atom. The predicted molar refractivity (Wildman–Crippen MR) is 94.5 cm³/mol. The summed E-state index contributed by atoms with van der Waals surface area (Å²) in [7, 11) is 1.59. The van der Waals surface area contributed by atoms with E-state index in [1.807, 2.05) is 6.92 Å². The van der Waals surface area contributed by atoms with Crippen LogP contribution in [-0.4, -0.2) is 51.3 Å². The summed E-state index contributed by atoms with van der Waals surface area (Å²) < 4.78 is 12.8. The van der Waals surface area contributed by atoms with Crippen LogP contribution in [0.1, 0.15) is 27.0 Å². The van der Waals surface area contributed by atoms with Gasteiger partial charge in [0, 0.05) is 25.0 Å². The number of amides is 1. The van der Waals surface area contributed by atoms with Crippen LogP contribution in [0.15, 0.2) is 11.1 Å². The number of anilines is 1. The summed E-state index contributed by atoms with van der Waals surface area (Å²) in [6, 6.07) is -0.223. The van der Waals surface area contributed by atoms with E-state index in [0.29, 0.717) is 12.3 Å². The van der Waals surface area contributed by atoms with Crippen LogP contribution in [-0.2, 0) is 14.3 Å². The van der Waals surface area contributed by atoms with Gasteiger partial charge in [-0.2, -0.15) is 4.98 Å². The summed E-state index contributed by atoms with van der Waals surface area (Å²) in [5, 5.41) is 2.60. The standard InChI is InChI=1S/C16H24N6O4/c1-7(2)13(23)20-16-19-12-11(14(24)21-16)18-6-22(12)15-8(3)10(17)9(26-15)5-25-4/h6-10,15H,5,17H2,1-4H3,(H2,19,20,21,23,24)/t8-,9-,10+,15-/m1/s1. The van der Waals surface area contributed by atoms with E-state index in [4.69, 9.17) is 15.2 Å². The molecule has 2 aromatic heterocycles. The highest BCUT2D eigenvalue weighted by Crippen LogP contribution is 2.34. The SMILES string of the molecule is COC[C@H]1O[C@@H](n2cnc3c(=O)[nH]c(NC(=O)C(C)C)nc32)[C@H](C)[C@@H]1N. The number of imidazole rings is 1. The number of rotatable bonds is 5. The summed E-state index contributed by atoms with van der Waals surface area (Å²) in [5.74, 6) is -0.452. The molecule has 1 aliphatic heterocycles. The third-order valence-corrected chi connectivity index (χ3v) is 4.60. The molecule has 0 radical (unpaired) electrons. The highest BCUT2D eigenvalue weighted by Gasteiger charge is 2.41. The highest BCUT2D eigenvalue weighted by atomic mass is 16.5. The molecular formula is C16H24N6O4. The Kier molecular flexibility index (Phi) is 5.08. The van der Waals surface area contributed by atoms with Crippen molar-refractivity contribution in [1.29, 1.82) is 0 Å². The van der Waals surface area contributed by atoms with Gasteiger partial charge in [-0.3, -0.25) is 24.5 Å². The zero-order chi connectivity index (χ0) is 19.0. The number of methoxy groups -OCH3 is 1. The van der Waals surface area contributed by atoms with Crippen LogP contribution in [0.4, 0.5) is 5.95 Å². The molecule has 142 valence electrons. The average Bonchev–Trinajstić information content (AvgIpc) is 3.12. The fraction of sp³-hybridized carbons (Fsp3) is 0.625. The van der Waals surface area contributed by atoms with Gasteiger partial charge >= 0.3 is 0 Å². The third kappa shape index (κ3) is 3.22.